The second kappa shape index (κ2) is 15.1. The van der Waals surface area contributed by atoms with Crippen molar-refractivity contribution in [1.29, 1.82) is 0 Å². The Morgan fingerprint density at radius 3 is 1.37 bits per heavy atom. The van der Waals surface area contributed by atoms with Crippen LogP contribution in [0.1, 0.15) is 0 Å². The molecule has 0 radical (unpaired) electrons. The van der Waals surface area contributed by atoms with Crippen molar-refractivity contribution in [3.05, 3.63) is 237 Å². The van der Waals surface area contributed by atoms with E-state index < -0.39 is 0 Å². The highest BCUT2D eigenvalue weighted by Gasteiger charge is 2.17. The van der Waals surface area contributed by atoms with Crippen LogP contribution in [-0.4, -0.2) is 0 Å². The van der Waals surface area contributed by atoms with Crippen LogP contribution < -0.4 is 4.90 Å². The van der Waals surface area contributed by atoms with Gasteiger partial charge in [0.25, 0.3) is 0 Å². The molecule has 0 saturated heterocycles. The molecule has 0 N–H and O–H groups in total. The number of fused-ring (bicyclic) bond motifs is 4. The molecule has 11 aromatic rings. The Balaban J connectivity index is 0.994. The maximum Gasteiger partial charge on any atom is 0.135 e. The fourth-order valence-corrected chi connectivity index (χ4v) is 8.64. The van der Waals surface area contributed by atoms with Gasteiger partial charge >= 0.3 is 0 Å². The van der Waals surface area contributed by atoms with Gasteiger partial charge in [-0.3, -0.25) is 0 Å². The molecule has 282 valence electrons. The number of furan rings is 1. The molecular weight excluding hydrogens is 727 g/mol. The van der Waals surface area contributed by atoms with E-state index in [1.54, 1.807) is 0 Å². The van der Waals surface area contributed by atoms with Crippen molar-refractivity contribution in [3.8, 4) is 55.6 Å². The van der Waals surface area contributed by atoms with E-state index in [1.807, 2.05) is 12.1 Å². The topological polar surface area (TPSA) is 16.4 Å². The normalized spacial score (nSPS) is 11.3. The standard InChI is InChI=1S/C58H39NO/c1-3-13-40(14-4-1)47-36-48(41-15-5-2-6-16-41)38-49(37-47)43-27-31-51(32-28-43)59(52-33-34-58-56(39-52)55-22-9-10-24-57(55)60-58)50-29-25-42(26-30-50)45-19-11-20-46(35-45)54-23-12-18-44-17-7-8-21-53(44)54/h1-39H. The first-order chi connectivity index (χ1) is 29.7. The summed E-state index contributed by atoms with van der Waals surface area (Å²) in [6, 6.07) is 85.0. The van der Waals surface area contributed by atoms with E-state index in [0.29, 0.717) is 0 Å². The van der Waals surface area contributed by atoms with E-state index >= 15 is 0 Å². The second-order valence-corrected chi connectivity index (χ2v) is 15.3. The molecule has 0 unspecified atom stereocenters. The average molecular weight is 766 g/mol. The summed E-state index contributed by atoms with van der Waals surface area (Å²) in [6.45, 7) is 0. The summed E-state index contributed by atoms with van der Waals surface area (Å²) in [5.41, 5.74) is 16.9. The van der Waals surface area contributed by atoms with Crippen molar-refractivity contribution in [2.45, 2.75) is 0 Å². The van der Waals surface area contributed by atoms with Crippen LogP contribution in [0, 0.1) is 0 Å². The zero-order valence-electron chi connectivity index (χ0n) is 32.9. The van der Waals surface area contributed by atoms with Crippen LogP contribution in [0.2, 0.25) is 0 Å². The van der Waals surface area contributed by atoms with E-state index in [4.69, 9.17) is 4.42 Å². The highest BCUT2D eigenvalue weighted by atomic mass is 16.3. The van der Waals surface area contributed by atoms with Gasteiger partial charge in [-0.25, -0.2) is 0 Å². The zero-order valence-corrected chi connectivity index (χ0v) is 32.9. The minimum Gasteiger partial charge on any atom is -0.456 e. The molecule has 0 aliphatic heterocycles. The van der Waals surface area contributed by atoms with Gasteiger partial charge in [-0.1, -0.05) is 164 Å². The van der Waals surface area contributed by atoms with Gasteiger partial charge in [-0.2, -0.15) is 0 Å². The van der Waals surface area contributed by atoms with Crippen molar-refractivity contribution >= 4 is 49.8 Å². The van der Waals surface area contributed by atoms with E-state index in [2.05, 4.69) is 229 Å². The van der Waals surface area contributed by atoms with Gasteiger partial charge in [-0.15, -0.1) is 0 Å². The number of benzene rings is 10. The molecule has 0 aliphatic carbocycles. The molecule has 0 amide bonds. The highest BCUT2D eigenvalue weighted by Crippen LogP contribution is 2.41. The first-order valence-corrected chi connectivity index (χ1v) is 20.5. The number of hydrogen-bond acceptors (Lipinski definition) is 2. The van der Waals surface area contributed by atoms with Gasteiger partial charge in [-0.05, 0) is 139 Å². The van der Waals surface area contributed by atoms with Crippen molar-refractivity contribution in [3.63, 3.8) is 0 Å². The quantitative estimate of drug-likeness (QED) is 0.153. The van der Waals surface area contributed by atoms with Gasteiger partial charge < -0.3 is 9.32 Å². The van der Waals surface area contributed by atoms with Crippen molar-refractivity contribution < 1.29 is 4.42 Å². The molecule has 0 saturated carbocycles. The summed E-state index contributed by atoms with van der Waals surface area (Å²) in [5, 5.41) is 4.71. The summed E-state index contributed by atoms with van der Waals surface area (Å²) < 4.78 is 6.26. The summed E-state index contributed by atoms with van der Waals surface area (Å²) in [6.07, 6.45) is 0. The third-order valence-corrected chi connectivity index (χ3v) is 11.6. The predicted octanol–water partition coefficient (Wildman–Crippen LogP) is 16.5. The van der Waals surface area contributed by atoms with E-state index in [1.165, 1.54) is 60.8 Å². The van der Waals surface area contributed by atoms with Gasteiger partial charge in [0.05, 0.1) is 0 Å². The summed E-state index contributed by atoms with van der Waals surface area (Å²) in [7, 11) is 0. The third-order valence-electron chi connectivity index (χ3n) is 11.6. The number of hydrogen-bond donors (Lipinski definition) is 0. The van der Waals surface area contributed by atoms with Gasteiger partial charge in [0, 0.05) is 27.8 Å². The smallest absolute Gasteiger partial charge is 0.135 e. The summed E-state index contributed by atoms with van der Waals surface area (Å²) in [4.78, 5) is 2.34. The van der Waals surface area contributed by atoms with Crippen LogP contribution in [0.5, 0.6) is 0 Å². The molecule has 1 aromatic heterocycles. The van der Waals surface area contributed by atoms with Crippen LogP contribution in [0.3, 0.4) is 0 Å². The molecule has 0 spiro atoms. The first-order valence-electron chi connectivity index (χ1n) is 20.5. The van der Waals surface area contributed by atoms with E-state index in [-0.39, 0.29) is 0 Å². The van der Waals surface area contributed by atoms with Crippen molar-refractivity contribution in [1.82, 2.24) is 0 Å². The maximum absolute atomic E-state index is 6.26. The molecule has 0 atom stereocenters. The van der Waals surface area contributed by atoms with Crippen molar-refractivity contribution in [2.75, 3.05) is 4.90 Å². The zero-order chi connectivity index (χ0) is 39.8. The number of anilines is 3. The SMILES string of the molecule is c1ccc(-c2cc(-c3ccccc3)cc(-c3ccc(N(c4ccc(-c5cccc(-c6cccc7ccccc67)c5)cc4)c4ccc5oc6ccccc6c5c4)cc3)c2)cc1. The lowest BCUT2D eigenvalue weighted by molar-refractivity contribution is 0.669. The number of para-hydroxylation sites is 1. The van der Waals surface area contributed by atoms with Gasteiger partial charge in [0.15, 0.2) is 0 Å². The van der Waals surface area contributed by atoms with Crippen molar-refractivity contribution in [2.24, 2.45) is 0 Å². The Labute approximate surface area is 349 Å². The molecule has 2 nitrogen and oxygen atoms in total. The molecular formula is C58H39NO. The molecule has 0 fully saturated rings. The van der Waals surface area contributed by atoms with Crippen LogP contribution in [-0.2, 0) is 0 Å². The summed E-state index contributed by atoms with van der Waals surface area (Å²) >= 11 is 0. The Morgan fingerprint density at radius 1 is 0.250 bits per heavy atom. The molecule has 1 heterocycles. The molecule has 0 aliphatic rings. The Kier molecular flexibility index (Phi) is 8.87. The lowest BCUT2D eigenvalue weighted by Gasteiger charge is -2.26. The third kappa shape index (κ3) is 6.61. The largest absolute Gasteiger partial charge is 0.456 e. The molecule has 0 bridgehead atoms. The van der Waals surface area contributed by atoms with Crippen LogP contribution in [0.4, 0.5) is 17.1 Å². The average Bonchev–Trinajstić information content (AvgIpc) is 3.70. The lowest BCUT2D eigenvalue weighted by atomic mass is 9.93. The number of rotatable bonds is 8. The summed E-state index contributed by atoms with van der Waals surface area (Å²) in [5.74, 6) is 0. The fourth-order valence-electron chi connectivity index (χ4n) is 8.64. The van der Waals surface area contributed by atoms with Crippen LogP contribution in [0.25, 0.3) is 88.3 Å². The van der Waals surface area contributed by atoms with E-state index in [9.17, 15) is 0 Å². The van der Waals surface area contributed by atoms with Crippen LogP contribution in [0.15, 0.2) is 241 Å². The maximum atomic E-state index is 6.26. The predicted molar refractivity (Wildman–Crippen MR) is 253 cm³/mol. The minimum atomic E-state index is 0.879. The Morgan fingerprint density at radius 2 is 0.700 bits per heavy atom. The number of nitrogens with zero attached hydrogens (tertiary/aromatic N) is 1. The molecule has 10 aromatic carbocycles. The minimum absolute atomic E-state index is 0.879. The fraction of sp³-hybridized carbons (Fsp3) is 0. The highest BCUT2D eigenvalue weighted by molar-refractivity contribution is 6.06. The van der Waals surface area contributed by atoms with Gasteiger partial charge in [0.2, 0.25) is 0 Å². The Bertz CT molecular complexity index is 3230. The monoisotopic (exact) mass is 765 g/mol. The van der Waals surface area contributed by atoms with E-state index in [0.717, 1.165) is 44.6 Å². The Hall–Kier alpha value is -7.94. The van der Waals surface area contributed by atoms with Crippen LogP contribution >= 0.6 is 0 Å². The molecule has 11 rings (SSSR count). The first kappa shape index (κ1) is 35.2. The molecule has 2 heteroatoms. The second-order valence-electron chi connectivity index (χ2n) is 15.3. The lowest BCUT2D eigenvalue weighted by Crippen LogP contribution is -2.09. The molecule has 60 heavy (non-hydrogen) atoms. The van der Waals surface area contributed by atoms with Gasteiger partial charge in [0.1, 0.15) is 11.2 Å².